The van der Waals surface area contributed by atoms with E-state index in [1.165, 1.54) is 0 Å². The number of hydrogen-bond donors (Lipinski definition) is 0. The smallest absolute Gasteiger partial charge is 0.257 e. The predicted molar refractivity (Wildman–Crippen MR) is 105 cm³/mol. The number of ether oxygens (including phenoxy) is 1. The van der Waals surface area contributed by atoms with Crippen molar-refractivity contribution in [3.05, 3.63) is 60.9 Å². The maximum Gasteiger partial charge on any atom is 0.257 e. The summed E-state index contributed by atoms with van der Waals surface area (Å²) in [5, 5.41) is 9.36. The van der Waals surface area contributed by atoms with Gasteiger partial charge >= 0.3 is 0 Å². The Balaban J connectivity index is 1.68. The molecular weight excluding hydrogens is 338 g/mol. The molecule has 27 heavy (non-hydrogen) atoms. The topological polar surface area (TPSA) is 55.5 Å². The van der Waals surface area contributed by atoms with Crippen LogP contribution in [0.3, 0.4) is 0 Å². The first-order valence-corrected chi connectivity index (χ1v) is 9.39. The molecule has 2 aromatic carbocycles. The van der Waals surface area contributed by atoms with Crippen LogP contribution in [0.2, 0.25) is 0 Å². The van der Waals surface area contributed by atoms with Gasteiger partial charge in [0.05, 0.1) is 5.52 Å². The van der Waals surface area contributed by atoms with E-state index < -0.39 is 0 Å². The summed E-state index contributed by atoms with van der Waals surface area (Å²) in [5.41, 5.74) is 2.21. The Morgan fingerprint density at radius 1 is 1.00 bits per heavy atom. The van der Waals surface area contributed by atoms with Gasteiger partial charge < -0.3 is 9.64 Å². The normalized spacial score (nSPS) is 15.4. The average molecular weight is 359 g/mol. The van der Waals surface area contributed by atoms with Gasteiger partial charge in [-0.05, 0) is 43.0 Å². The number of hydrogen-bond acceptors (Lipinski definition) is 5. The SMILES string of the molecule is c1ccc(N(CC2CCOCC2)c2nc3nncn3c3ccccc23)cc1. The number of rotatable bonds is 4. The second-order valence-corrected chi connectivity index (χ2v) is 6.96. The summed E-state index contributed by atoms with van der Waals surface area (Å²) in [6, 6.07) is 18.8. The Hall–Kier alpha value is -2.99. The van der Waals surface area contributed by atoms with Crippen LogP contribution >= 0.6 is 0 Å². The van der Waals surface area contributed by atoms with Crippen molar-refractivity contribution < 1.29 is 4.74 Å². The highest BCUT2D eigenvalue weighted by Crippen LogP contribution is 2.33. The summed E-state index contributed by atoms with van der Waals surface area (Å²) < 4.78 is 7.50. The highest BCUT2D eigenvalue weighted by atomic mass is 16.5. The molecule has 6 nitrogen and oxygen atoms in total. The summed E-state index contributed by atoms with van der Waals surface area (Å²) >= 11 is 0. The van der Waals surface area contributed by atoms with E-state index >= 15 is 0 Å². The van der Waals surface area contributed by atoms with Crippen LogP contribution in [-0.4, -0.2) is 39.3 Å². The average Bonchev–Trinajstić information content (AvgIpc) is 3.22. The second-order valence-electron chi connectivity index (χ2n) is 6.96. The van der Waals surface area contributed by atoms with Crippen molar-refractivity contribution in [1.29, 1.82) is 0 Å². The van der Waals surface area contributed by atoms with Gasteiger partial charge in [-0.1, -0.05) is 30.3 Å². The fourth-order valence-corrected chi connectivity index (χ4v) is 3.82. The molecule has 0 radical (unpaired) electrons. The third kappa shape index (κ3) is 3.02. The van der Waals surface area contributed by atoms with E-state index in [9.17, 15) is 0 Å². The third-order valence-corrected chi connectivity index (χ3v) is 5.25. The van der Waals surface area contributed by atoms with Crippen molar-refractivity contribution in [2.75, 3.05) is 24.7 Å². The van der Waals surface area contributed by atoms with Crippen molar-refractivity contribution in [2.45, 2.75) is 12.8 Å². The molecule has 0 aliphatic carbocycles. The van der Waals surface area contributed by atoms with Gasteiger partial charge in [0, 0.05) is 30.8 Å². The van der Waals surface area contributed by atoms with Crippen molar-refractivity contribution in [3.63, 3.8) is 0 Å². The molecule has 0 N–H and O–H groups in total. The minimum atomic E-state index is 0.577. The molecule has 0 atom stereocenters. The quantitative estimate of drug-likeness (QED) is 0.554. The lowest BCUT2D eigenvalue weighted by Crippen LogP contribution is -2.30. The highest BCUT2D eigenvalue weighted by molar-refractivity contribution is 5.93. The maximum absolute atomic E-state index is 5.55. The van der Waals surface area contributed by atoms with Gasteiger partial charge in [-0.2, -0.15) is 4.98 Å². The zero-order chi connectivity index (χ0) is 18.1. The van der Waals surface area contributed by atoms with Gasteiger partial charge in [0.25, 0.3) is 5.78 Å². The standard InChI is InChI=1S/C21H21N5O/c1-2-6-17(7-3-1)25(14-16-10-12-27-13-11-16)20-18-8-4-5-9-19(18)26-15-22-24-21(26)23-20/h1-9,15-16H,10-14H2. The van der Waals surface area contributed by atoms with Crippen molar-refractivity contribution in [3.8, 4) is 0 Å². The first-order valence-electron chi connectivity index (χ1n) is 9.39. The van der Waals surface area contributed by atoms with E-state index in [4.69, 9.17) is 9.72 Å². The minimum absolute atomic E-state index is 0.577. The zero-order valence-electron chi connectivity index (χ0n) is 15.0. The van der Waals surface area contributed by atoms with E-state index in [0.717, 1.165) is 55.0 Å². The molecule has 2 aromatic heterocycles. The van der Waals surface area contributed by atoms with Crippen LogP contribution in [0, 0.1) is 5.92 Å². The van der Waals surface area contributed by atoms with Crippen LogP contribution in [-0.2, 0) is 4.74 Å². The number of aromatic nitrogens is 4. The maximum atomic E-state index is 5.55. The Morgan fingerprint density at radius 2 is 1.78 bits per heavy atom. The molecule has 3 heterocycles. The highest BCUT2D eigenvalue weighted by Gasteiger charge is 2.22. The first-order chi connectivity index (χ1) is 13.4. The van der Waals surface area contributed by atoms with E-state index in [1.54, 1.807) is 6.33 Å². The van der Waals surface area contributed by atoms with E-state index in [-0.39, 0.29) is 0 Å². The Labute approximate surface area is 157 Å². The summed E-state index contributed by atoms with van der Waals surface area (Å²) in [5.74, 6) is 2.13. The molecule has 5 rings (SSSR count). The predicted octanol–water partition coefficient (Wildman–Crippen LogP) is 3.84. The Morgan fingerprint density at radius 3 is 2.63 bits per heavy atom. The number of anilines is 2. The molecule has 0 unspecified atom stereocenters. The molecule has 1 saturated heterocycles. The second kappa shape index (κ2) is 6.96. The van der Waals surface area contributed by atoms with Gasteiger partial charge in [0.1, 0.15) is 12.1 Å². The molecule has 4 aromatic rings. The minimum Gasteiger partial charge on any atom is -0.381 e. The molecule has 0 spiro atoms. The number of nitrogens with zero attached hydrogens (tertiary/aromatic N) is 5. The van der Waals surface area contributed by atoms with Crippen LogP contribution in [0.25, 0.3) is 16.7 Å². The molecule has 136 valence electrons. The summed E-state index contributed by atoms with van der Waals surface area (Å²) in [6.07, 6.45) is 3.88. The molecule has 0 amide bonds. The summed E-state index contributed by atoms with van der Waals surface area (Å²) in [7, 11) is 0. The third-order valence-electron chi connectivity index (χ3n) is 5.25. The van der Waals surface area contributed by atoms with Crippen LogP contribution in [0.15, 0.2) is 60.9 Å². The van der Waals surface area contributed by atoms with Crippen LogP contribution < -0.4 is 4.90 Å². The van der Waals surface area contributed by atoms with Crippen molar-refractivity contribution in [2.24, 2.45) is 5.92 Å². The number of fused-ring (bicyclic) bond motifs is 3. The zero-order valence-corrected chi connectivity index (χ0v) is 15.0. The van der Waals surface area contributed by atoms with Gasteiger partial charge in [0.15, 0.2) is 0 Å². The number of benzene rings is 2. The fourth-order valence-electron chi connectivity index (χ4n) is 3.82. The summed E-state index contributed by atoms with van der Waals surface area (Å²) in [6.45, 7) is 2.59. The molecular formula is C21H21N5O. The summed E-state index contributed by atoms with van der Waals surface area (Å²) in [4.78, 5) is 7.22. The first kappa shape index (κ1) is 16.2. The van der Waals surface area contributed by atoms with E-state index in [0.29, 0.717) is 11.7 Å². The van der Waals surface area contributed by atoms with Crippen molar-refractivity contribution in [1.82, 2.24) is 19.6 Å². The monoisotopic (exact) mass is 359 g/mol. The molecule has 6 heteroatoms. The Bertz CT molecular complexity index is 1060. The molecule has 1 fully saturated rings. The van der Waals surface area contributed by atoms with Gasteiger partial charge in [-0.25, -0.2) is 0 Å². The van der Waals surface area contributed by atoms with Gasteiger partial charge in [0.2, 0.25) is 0 Å². The van der Waals surface area contributed by atoms with E-state index in [2.05, 4.69) is 57.6 Å². The molecule has 0 saturated carbocycles. The largest absolute Gasteiger partial charge is 0.381 e. The lowest BCUT2D eigenvalue weighted by Gasteiger charge is -2.31. The van der Waals surface area contributed by atoms with Crippen LogP contribution in [0.5, 0.6) is 0 Å². The number of para-hydroxylation sites is 2. The van der Waals surface area contributed by atoms with E-state index in [1.807, 2.05) is 16.5 Å². The molecule has 1 aliphatic rings. The molecule has 1 aliphatic heterocycles. The van der Waals surface area contributed by atoms with Crippen LogP contribution in [0.4, 0.5) is 11.5 Å². The lowest BCUT2D eigenvalue weighted by molar-refractivity contribution is 0.0688. The Kier molecular flexibility index (Phi) is 4.18. The van der Waals surface area contributed by atoms with Gasteiger partial charge in [-0.3, -0.25) is 4.40 Å². The lowest BCUT2D eigenvalue weighted by atomic mass is 9.99. The molecule has 0 bridgehead atoms. The van der Waals surface area contributed by atoms with Crippen molar-refractivity contribution >= 4 is 28.2 Å². The fraction of sp³-hybridized carbons (Fsp3) is 0.286. The van der Waals surface area contributed by atoms with Crippen LogP contribution in [0.1, 0.15) is 12.8 Å². The van der Waals surface area contributed by atoms with Gasteiger partial charge in [-0.15, -0.1) is 10.2 Å².